The lowest BCUT2D eigenvalue weighted by Crippen LogP contribution is -2.42. The summed E-state index contributed by atoms with van der Waals surface area (Å²) in [6.45, 7) is 3.59. The summed E-state index contributed by atoms with van der Waals surface area (Å²) in [6.07, 6.45) is 1.86. The van der Waals surface area contributed by atoms with Crippen molar-refractivity contribution in [2.45, 2.75) is 13.6 Å². The third-order valence-electron chi connectivity index (χ3n) is 4.24. The van der Waals surface area contributed by atoms with Crippen LogP contribution in [0, 0.1) is 0 Å². The van der Waals surface area contributed by atoms with Gasteiger partial charge >= 0.3 is 0 Å². The predicted octanol–water partition coefficient (Wildman–Crippen LogP) is 2.85. The molecule has 0 N–H and O–H groups in total. The number of hydrogen-bond donors (Lipinski definition) is 0. The standard InChI is InChI=1S/C20H18ClN3O2S/c1-2-26-17-8-6-16(7-9-17)23-12-22-20-24(13-23)19(25)18(27-20)11-14-4-3-5-15(21)10-14/h3-11H,2,12-13H2,1H3. The van der Waals surface area contributed by atoms with E-state index in [4.69, 9.17) is 16.3 Å². The summed E-state index contributed by atoms with van der Waals surface area (Å²) in [6, 6.07) is 15.3. The quantitative estimate of drug-likeness (QED) is 0.677. The molecule has 0 aliphatic carbocycles. The van der Waals surface area contributed by atoms with Crippen molar-refractivity contribution in [1.29, 1.82) is 0 Å². The second-order valence-electron chi connectivity index (χ2n) is 6.09. The minimum atomic E-state index is -0.0330. The molecule has 2 aromatic carbocycles. The molecule has 0 saturated carbocycles. The number of hydrogen-bond acceptors (Lipinski definition) is 5. The first kappa shape index (κ1) is 17.8. The largest absolute Gasteiger partial charge is 0.494 e. The van der Waals surface area contributed by atoms with Crippen LogP contribution in [0.4, 0.5) is 5.69 Å². The van der Waals surface area contributed by atoms with Crippen molar-refractivity contribution in [3.05, 3.63) is 78.8 Å². The molecule has 1 aliphatic heterocycles. The van der Waals surface area contributed by atoms with Gasteiger partial charge in [0, 0.05) is 10.7 Å². The lowest BCUT2D eigenvalue weighted by molar-refractivity contribution is 0.340. The van der Waals surface area contributed by atoms with Gasteiger partial charge in [-0.3, -0.25) is 9.36 Å². The van der Waals surface area contributed by atoms with Crippen LogP contribution in [0.15, 0.2) is 58.3 Å². The van der Waals surface area contributed by atoms with Gasteiger partial charge in [-0.15, -0.1) is 0 Å². The zero-order valence-electron chi connectivity index (χ0n) is 14.8. The molecule has 0 saturated heterocycles. The molecule has 0 bridgehead atoms. The summed E-state index contributed by atoms with van der Waals surface area (Å²) in [5.74, 6) is 0.835. The monoisotopic (exact) mass is 399 g/mol. The first-order valence-corrected chi connectivity index (χ1v) is 9.83. The molecular weight excluding hydrogens is 382 g/mol. The van der Waals surface area contributed by atoms with Crippen LogP contribution in [-0.4, -0.2) is 17.8 Å². The number of rotatable bonds is 4. The van der Waals surface area contributed by atoms with E-state index in [0.717, 1.165) is 21.8 Å². The van der Waals surface area contributed by atoms with E-state index in [1.807, 2.05) is 61.5 Å². The van der Waals surface area contributed by atoms with E-state index >= 15 is 0 Å². The van der Waals surface area contributed by atoms with Gasteiger partial charge in [-0.25, -0.2) is 4.99 Å². The summed E-state index contributed by atoms with van der Waals surface area (Å²) in [7, 11) is 0. The first-order chi connectivity index (χ1) is 13.1. The van der Waals surface area contributed by atoms with Crippen LogP contribution in [0.1, 0.15) is 12.5 Å². The fourth-order valence-electron chi connectivity index (χ4n) is 2.94. The van der Waals surface area contributed by atoms with Crippen molar-refractivity contribution >= 4 is 34.7 Å². The highest BCUT2D eigenvalue weighted by Gasteiger charge is 2.16. The van der Waals surface area contributed by atoms with Gasteiger partial charge in [0.15, 0.2) is 4.80 Å². The minimum Gasteiger partial charge on any atom is -0.494 e. The molecule has 0 spiro atoms. The fourth-order valence-corrected chi connectivity index (χ4v) is 4.10. The Morgan fingerprint density at radius 2 is 2.07 bits per heavy atom. The molecule has 4 rings (SSSR count). The molecule has 0 atom stereocenters. The van der Waals surface area contributed by atoms with Crippen molar-refractivity contribution in [1.82, 2.24) is 4.57 Å². The Kier molecular flexibility index (Phi) is 5.01. The predicted molar refractivity (Wildman–Crippen MR) is 109 cm³/mol. The molecule has 0 amide bonds. The van der Waals surface area contributed by atoms with Crippen LogP contribution >= 0.6 is 22.9 Å². The van der Waals surface area contributed by atoms with Gasteiger partial charge in [0.25, 0.3) is 5.56 Å². The molecule has 5 nitrogen and oxygen atoms in total. The fraction of sp³-hybridized carbons (Fsp3) is 0.200. The molecule has 7 heteroatoms. The Morgan fingerprint density at radius 3 is 2.81 bits per heavy atom. The maximum absolute atomic E-state index is 12.8. The number of ether oxygens (including phenoxy) is 1. The zero-order valence-corrected chi connectivity index (χ0v) is 16.3. The highest BCUT2D eigenvalue weighted by atomic mass is 35.5. The Labute approximate surface area is 165 Å². The summed E-state index contributed by atoms with van der Waals surface area (Å²) in [5.41, 5.74) is 1.88. The zero-order chi connectivity index (χ0) is 18.8. The number of anilines is 1. The van der Waals surface area contributed by atoms with Gasteiger partial charge < -0.3 is 9.64 Å². The van der Waals surface area contributed by atoms with Crippen molar-refractivity contribution in [3.8, 4) is 5.75 Å². The second-order valence-corrected chi connectivity index (χ2v) is 7.53. The molecule has 3 aromatic rings. The normalized spacial score (nSPS) is 14.0. The van der Waals surface area contributed by atoms with Gasteiger partial charge in [0.05, 0.1) is 11.1 Å². The van der Waals surface area contributed by atoms with Gasteiger partial charge in [-0.2, -0.15) is 0 Å². The molecule has 0 fully saturated rings. The number of aromatic nitrogens is 1. The number of benzene rings is 2. The highest BCUT2D eigenvalue weighted by molar-refractivity contribution is 7.07. The number of nitrogens with zero attached hydrogens (tertiary/aromatic N) is 3. The molecular formula is C20H18ClN3O2S. The SMILES string of the molecule is CCOc1ccc(N2CN=c3sc(=Cc4cccc(Cl)c4)c(=O)n3C2)cc1. The average Bonchev–Trinajstić information content (AvgIpc) is 2.98. The number of halogens is 1. The van der Waals surface area contributed by atoms with Crippen LogP contribution in [0.25, 0.3) is 6.08 Å². The summed E-state index contributed by atoms with van der Waals surface area (Å²) in [5, 5.41) is 0.650. The Hall–Kier alpha value is -2.57. The van der Waals surface area contributed by atoms with E-state index in [2.05, 4.69) is 9.89 Å². The van der Waals surface area contributed by atoms with Crippen molar-refractivity contribution in [3.63, 3.8) is 0 Å². The van der Waals surface area contributed by atoms with E-state index in [1.54, 1.807) is 4.57 Å². The topological polar surface area (TPSA) is 46.8 Å². The molecule has 1 aromatic heterocycles. The molecule has 27 heavy (non-hydrogen) atoms. The maximum Gasteiger partial charge on any atom is 0.271 e. The number of thiazole rings is 1. The van der Waals surface area contributed by atoms with Crippen LogP contribution in [0.3, 0.4) is 0 Å². The molecule has 138 valence electrons. The van der Waals surface area contributed by atoms with Crippen molar-refractivity contribution in [2.75, 3.05) is 18.2 Å². The molecule has 0 radical (unpaired) electrons. The maximum atomic E-state index is 12.8. The van der Waals surface area contributed by atoms with Gasteiger partial charge in [0.2, 0.25) is 0 Å². The summed E-state index contributed by atoms with van der Waals surface area (Å²) >= 11 is 7.44. The lowest BCUT2D eigenvalue weighted by atomic mass is 10.2. The number of fused-ring (bicyclic) bond motifs is 1. The van der Waals surface area contributed by atoms with Crippen LogP contribution in [0.2, 0.25) is 5.02 Å². The molecule has 2 heterocycles. The third kappa shape index (κ3) is 3.77. The second kappa shape index (κ2) is 7.58. The van der Waals surface area contributed by atoms with E-state index in [-0.39, 0.29) is 5.56 Å². The Bertz CT molecular complexity index is 1140. The van der Waals surface area contributed by atoms with E-state index < -0.39 is 0 Å². The van der Waals surface area contributed by atoms with Crippen LogP contribution in [0.5, 0.6) is 5.75 Å². The first-order valence-electron chi connectivity index (χ1n) is 8.63. The average molecular weight is 400 g/mol. The third-order valence-corrected chi connectivity index (χ3v) is 5.52. The van der Waals surface area contributed by atoms with E-state index in [9.17, 15) is 4.79 Å². The smallest absolute Gasteiger partial charge is 0.271 e. The lowest BCUT2D eigenvalue weighted by Gasteiger charge is -2.25. The van der Waals surface area contributed by atoms with Gasteiger partial charge in [-0.1, -0.05) is 35.1 Å². The van der Waals surface area contributed by atoms with Crippen molar-refractivity contribution in [2.24, 2.45) is 4.99 Å². The van der Waals surface area contributed by atoms with E-state index in [1.165, 1.54) is 11.3 Å². The molecule has 0 unspecified atom stereocenters. The minimum absolute atomic E-state index is 0.0330. The highest BCUT2D eigenvalue weighted by Crippen LogP contribution is 2.20. The van der Waals surface area contributed by atoms with Crippen LogP contribution in [-0.2, 0) is 6.67 Å². The molecule has 1 aliphatic rings. The van der Waals surface area contributed by atoms with E-state index in [0.29, 0.717) is 29.5 Å². The Balaban J connectivity index is 1.64. The van der Waals surface area contributed by atoms with Crippen molar-refractivity contribution < 1.29 is 4.74 Å². The Morgan fingerprint density at radius 1 is 1.26 bits per heavy atom. The van der Waals surface area contributed by atoms with Gasteiger partial charge in [0.1, 0.15) is 19.1 Å². The summed E-state index contributed by atoms with van der Waals surface area (Å²) < 4.78 is 7.85. The summed E-state index contributed by atoms with van der Waals surface area (Å²) in [4.78, 5) is 20.2. The van der Waals surface area contributed by atoms with Gasteiger partial charge in [-0.05, 0) is 55.0 Å². The van der Waals surface area contributed by atoms with Crippen LogP contribution < -0.4 is 24.5 Å².